The van der Waals surface area contributed by atoms with Crippen LogP contribution in [0.5, 0.6) is 0 Å². The Bertz CT molecular complexity index is 1750. The zero-order valence-electron chi connectivity index (χ0n) is 19.8. The topological polar surface area (TPSA) is 65.6 Å². The van der Waals surface area contributed by atoms with Crippen molar-refractivity contribution >= 4 is 33.2 Å². The van der Waals surface area contributed by atoms with Crippen molar-refractivity contribution in [1.82, 2.24) is 24.1 Å². The molecule has 6 heteroatoms. The van der Waals surface area contributed by atoms with Crippen LogP contribution in [0.3, 0.4) is 0 Å². The van der Waals surface area contributed by atoms with Crippen LogP contribution in [0.4, 0.5) is 0 Å². The molecule has 0 unspecified atom stereocenters. The third-order valence-electron chi connectivity index (χ3n) is 6.52. The third-order valence-corrected chi connectivity index (χ3v) is 6.52. The highest BCUT2D eigenvalue weighted by Gasteiger charge is 2.22. The first-order chi connectivity index (χ1) is 17.1. The van der Waals surface area contributed by atoms with Gasteiger partial charge in [-0.1, -0.05) is 67.1 Å². The van der Waals surface area contributed by atoms with Gasteiger partial charge in [-0.3, -0.25) is 13.9 Å². The van der Waals surface area contributed by atoms with Crippen LogP contribution in [0.1, 0.15) is 23.9 Å². The minimum Gasteiger partial charge on any atom is -0.296 e. The Labute approximate surface area is 202 Å². The van der Waals surface area contributed by atoms with Crippen LogP contribution in [0.2, 0.25) is 0 Å². The van der Waals surface area contributed by atoms with Crippen molar-refractivity contribution in [2.24, 2.45) is 0 Å². The normalized spacial score (nSPS) is 11.6. The number of fused-ring (bicyclic) bond motifs is 4. The molecule has 0 spiro atoms. The molecule has 6 nitrogen and oxygen atoms in total. The maximum absolute atomic E-state index is 14.0. The lowest BCUT2D eigenvalue weighted by molar-refractivity contribution is 0.620. The molecule has 3 aromatic carbocycles. The summed E-state index contributed by atoms with van der Waals surface area (Å²) in [6, 6.07) is 26.2. The summed E-state index contributed by atoms with van der Waals surface area (Å²) < 4.78 is 3.79. The van der Waals surface area contributed by atoms with E-state index in [4.69, 9.17) is 15.0 Å². The molecule has 3 aromatic heterocycles. The van der Waals surface area contributed by atoms with E-state index in [1.54, 1.807) is 0 Å². The molecule has 6 rings (SSSR count). The lowest BCUT2D eigenvalue weighted by atomic mass is 10.1. The zero-order valence-corrected chi connectivity index (χ0v) is 19.8. The van der Waals surface area contributed by atoms with Gasteiger partial charge in [0.2, 0.25) is 0 Å². The molecule has 0 saturated carbocycles. The molecule has 0 bridgehead atoms. The van der Waals surface area contributed by atoms with Crippen LogP contribution >= 0.6 is 0 Å². The monoisotopic (exact) mass is 459 g/mol. The second-order valence-electron chi connectivity index (χ2n) is 8.83. The maximum atomic E-state index is 14.0. The van der Waals surface area contributed by atoms with Crippen LogP contribution in [-0.2, 0) is 19.4 Å². The SMILES string of the molecule is CCc1nc2c(c(=O)n1CCc1ccccc1)c1nc3ccccc3nc1n2-c1ccc(C)cc1. The molecule has 0 aliphatic heterocycles. The van der Waals surface area contributed by atoms with Crippen LogP contribution in [0.25, 0.3) is 38.9 Å². The smallest absolute Gasteiger partial charge is 0.265 e. The number of aromatic nitrogens is 5. The van der Waals surface area contributed by atoms with Gasteiger partial charge in [-0.15, -0.1) is 0 Å². The molecule has 0 aliphatic carbocycles. The Morgan fingerprint density at radius 2 is 1.46 bits per heavy atom. The quantitative estimate of drug-likeness (QED) is 0.346. The first kappa shape index (κ1) is 21.2. The van der Waals surface area contributed by atoms with Gasteiger partial charge in [0.25, 0.3) is 5.56 Å². The maximum Gasteiger partial charge on any atom is 0.265 e. The molecule has 172 valence electrons. The van der Waals surface area contributed by atoms with Crippen molar-refractivity contribution in [1.29, 1.82) is 0 Å². The molecule has 0 saturated heterocycles. The lowest BCUT2D eigenvalue weighted by Gasteiger charge is -2.12. The average Bonchev–Trinajstić information content (AvgIpc) is 3.20. The summed E-state index contributed by atoms with van der Waals surface area (Å²) >= 11 is 0. The van der Waals surface area contributed by atoms with Gasteiger partial charge in [-0.2, -0.15) is 0 Å². The summed E-state index contributed by atoms with van der Waals surface area (Å²) in [6.45, 7) is 4.66. The number of para-hydroxylation sites is 2. The van der Waals surface area contributed by atoms with Gasteiger partial charge in [0.1, 0.15) is 16.7 Å². The Balaban J connectivity index is 1.66. The molecule has 6 aromatic rings. The number of nitrogens with zero attached hydrogens (tertiary/aromatic N) is 5. The minimum absolute atomic E-state index is 0.0665. The Morgan fingerprint density at radius 3 is 2.17 bits per heavy atom. The van der Waals surface area contributed by atoms with Gasteiger partial charge >= 0.3 is 0 Å². The fourth-order valence-electron chi connectivity index (χ4n) is 4.69. The molecular formula is C29H25N5O. The van der Waals surface area contributed by atoms with Crippen molar-refractivity contribution in [2.75, 3.05) is 0 Å². The Kier molecular flexibility index (Phi) is 5.14. The van der Waals surface area contributed by atoms with Gasteiger partial charge < -0.3 is 0 Å². The minimum atomic E-state index is -0.0665. The first-order valence-corrected chi connectivity index (χ1v) is 12.0. The standard InChI is InChI=1S/C29H25N5O/c1-3-24-32-27-25(29(35)33(24)18-17-20-9-5-4-6-10-20)26-28(31-23-12-8-7-11-22(23)30-26)34(27)21-15-13-19(2)14-16-21/h4-16H,3,17-18H2,1-2H3. The van der Waals surface area contributed by atoms with Gasteiger partial charge in [0.15, 0.2) is 11.3 Å². The van der Waals surface area contributed by atoms with Gasteiger partial charge in [0, 0.05) is 18.7 Å². The number of hydrogen-bond donors (Lipinski definition) is 0. The molecule has 3 heterocycles. The predicted octanol–water partition coefficient (Wildman–Crippen LogP) is 5.40. The van der Waals surface area contributed by atoms with Crippen LogP contribution < -0.4 is 5.56 Å². The zero-order chi connectivity index (χ0) is 23.9. The van der Waals surface area contributed by atoms with E-state index in [9.17, 15) is 4.79 Å². The van der Waals surface area contributed by atoms with Crippen LogP contribution in [-0.4, -0.2) is 24.1 Å². The third kappa shape index (κ3) is 3.58. The molecule has 0 fully saturated rings. The van der Waals surface area contributed by atoms with Crippen molar-refractivity contribution in [3.63, 3.8) is 0 Å². The summed E-state index contributed by atoms with van der Waals surface area (Å²) in [7, 11) is 0. The first-order valence-electron chi connectivity index (χ1n) is 12.0. The summed E-state index contributed by atoms with van der Waals surface area (Å²) in [4.78, 5) is 28.9. The van der Waals surface area contributed by atoms with Crippen molar-refractivity contribution in [3.05, 3.63) is 106 Å². The number of rotatable bonds is 5. The second-order valence-corrected chi connectivity index (χ2v) is 8.83. The molecule has 0 atom stereocenters. The number of benzene rings is 3. The molecule has 0 radical (unpaired) electrons. The van der Waals surface area contributed by atoms with Gasteiger partial charge in [0.05, 0.1) is 11.0 Å². The Morgan fingerprint density at radius 1 is 0.771 bits per heavy atom. The van der Waals surface area contributed by atoms with E-state index >= 15 is 0 Å². The number of aryl methyl sites for hydroxylation is 3. The van der Waals surface area contributed by atoms with Crippen LogP contribution in [0.15, 0.2) is 83.7 Å². The fourth-order valence-corrected chi connectivity index (χ4v) is 4.69. The molecule has 35 heavy (non-hydrogen) atoms. The average molecular weight is 460 g/mol. The van der Waals surface area contributed by atoms with Gasteiger partial charge in [-0.05, 0) is 43.2 Å². The molecule has 0 N–H and O–H groups in total. The molecular weight excluding hydrogens is 434 g/mol. The molecule has 0 aliphatic rings. The number of hydrogen-bond acceptors (Lipinski definition) is 4. The van der Waals surface area contributed by atoms with E-state index in [2.05, 4.69) is 31.2 Å². The highest BCUT2D eigenvalue weighted by molar-refractivity contribution is 6.05. The summed E-state index contributed by atoms with van der Waals surface area (Å²) in [5, 5.41) is 0.518. The summed E-state index contributed by atoms with van der Waals surface area (Å²) in [5.41, 5.74) is 6.60. The second kappa shape index (κ2) is 8.47. The Hall–Kier alpha value is -4.32. The van der Waals surface area contributed by atoms with E-state index in [1.807, 2.05) is 70.7 Å². The largest absolute Gasteiger partial charge is 0.296 e. The highest BCUT2D eigenvalue weighted by atomic mass is 16.1. The van der Waals surface area contributed by atoms with Crippen LogP contribution in [0, 0.1) is 6.92 Å². The van der Waals surface area contributed by atoms with Crippen molar-refractivity contribution < 1.29 is 0 Å². The van der Waals surface area contributed by atoms with E-state index < -0.39 is 0 Å². The lowest BCUT2D eigenvalue weighted by Crippen LogP contribution is -2.26. The fraction of sp³-hybridized carbons (Fsp3) is 0.172. The predicted molar refractivity (Wildman–Crippen MR) is 140 cm³/mol. The molecule has 0 amide bonds. The van der Waals surface area contributed by atoms with E-state index in [1.165, 1.54) is 5.56 Å². The summed E-state index contributed by atoms with van der Waals surface area (Å²) in [5.74, 6) is 0.763. The summed E-state index contributed by atoms with van der Waals surface area (Å²) in [6.07, 6.45) is 1.41. The van der Waals surface area contributed by atoms with E-state index in [-0.39, 0.29) is 5.56 Å². The van der Waals surface area contributed by atoms with Gasteiger partial charge in [-0.25, -0.2) is 15.0 Å². The highest BCUT2D eigenvalue weighted by Crippen LogP contribution is 2.29. The van der Waals surface area contributed by atoms with E-state index in [0.29, 0.717) is 35.2 Å². The van der Waals surface area contributed by atoms with Crippen molar-refractivity contribution in [2.45, 2.75) is 33.2 Å². The van der Waals surface area contributed by atoms with E-state index in [0.717, 1.165) is 34.5 Å². The van der Waals surface area contributed by atoms with Crippen molar-refractivity contribution in [3.8, 4) is 5.69 Å².